The highest BCUT2D eigenvalue weighted by atomic mass is 32.2. The molecule has 4 rings (SSSR count). The van der Waals surface area contributed by atoms with E-state index in [1.165, 1.54) is 29.7 Å². The van der Waals surface area contributed by atoms with E-state index in [4.69, 9.17) is 5.73 Å². The second-order valence-electron chi connectivity index (χ2n) is 8.45. The van der Waals surface area contributed by atoms with Gasteiger partial charge in [0, 0.05) is 28.1 Å². The lowest BCUT2D eigenvalue weighted by Crippen LogP contribution is -2.25. The van der Waals surface area contributed by atoms with Crippen molar-refractivity contribution in [2.45, 2.75) is 26.2 Å². The molecular weight excluding hydrogens is 525 g/mol. The highest BCUT2D eigenvalue weighted by molar-refractivity contribution is 8.14. The van der Waals surface area contributed by atoms with Crippen molar-refractivity contribution in [2.24, 2.45) is 25.9 Å². The summed E-state index contributed by atoms with van der Waals surface area (Å²) in [5.41, 5.74) is 10.9. The number of anilines is 1. The van der Waals surface area contributed by atoms with Crippen molar-refractivity contribution in [1.29, 1.82) is 0 Å². The summed E-state index contributed by atoms with van der Waals surface area (Å²) < 4.78 is 12.1. The van der Waals surface area contributed by atoms with Gasteiger partial charge in [-0.3, -0.25) is 14.4 Å². The first kappa shape index (κ1) is 31.1. The van der Waals surface area contributed by atoms with E-state index in [9.17, 15) is 4.53 Å². The molecule has 1 aliphatic rings. The van der Waals surface area contributed by atoms with Crippen LogP contribution in [0.2, 0.25) is 0 Å². The molecular formula is C28H31F3N6OS. The molecule has 0 spiro atoms. The van der Waals surface area contributed by atoms with Crippen LogP contribution in [0.25, 0.3) is 0 Å². The number of benzene rings is 3. The van der Waals surface area contributed by atoms with E-state index in [1.54, 1.807) is 30.1 Å². The van der Waals surface area contributed by atoms with E-state index in [0.29, 0.717) is 17.4 Å². The fourth-order valence-electron chi connectivity index (χ4n) is 3.78. The average molecular weight is 557 g/mol. The maximum Gasteiger partial charge on any atom is 0.190 e. The summed E-state index contributed by atoms with van der Waals surface area (Å²) >= 11 is 1.72. The number of hydrogen-bond donors (Lipinski definition) is 1. The fraction of sp³-hybridized carbons (Fsp3) is 0.214. The summed E-state index contributed by atoms with van der Waals surface area (Å²) in [6.07, 6.45) is 4.18. The van der Waals surface area contributed by atoms with Crippen LogP contribution >= 0.6 is 11.8 Å². The van der Waals surface area contributed by atoms with Gasteiger partial charge in [-0.15, -0.1) is 5.10 Å². The molecule has 1 unspecified atom stereocenters. The average Bonchev–Trinajstić information content (AvgIpc) is 3.41. The zero-order chi connectivity index (χ0) is 26.0. The van der Waals surface area contributed by atoms with Gasteiger partial charge in [0.25, 0.3) is 0 Å². The number of rotatable bonds is 9. The highest BCUT2D eigenvalue weighted by Crippen LogP contribution is 2.33. The van der Waals surface area contributed by atoms with Crippen molar-refractivity contribution in [3.8, 4) is 5.75 Å². The molecule has 11 heteroatoms. The molecule has 1 fully saturated rings. The Balaban J connectivity index is 0.00000267. The van der Waals surface area contributed by atoms with Gasteiger partial charge >= 0.3 is 0 Å². The van der Waals surface area contributed by atoms with Crippen LogP contribution < -0.4 is 15.6 Å². The number of para-hydroxylation sites is 1. The SMILES string of the molecule is CCC(C)c1ccccc1N1CCS/C1=N\N=C\c1ccc(C(N)=NC=Nc2ccc(OF)cc2)cc1.F.F. The summed E-state index contributed by atoms with van der Waals surface area (Å²) in [5, 5.41) is 9.78. The first-order chi connectivity index (χ1) is 18.1. The normalized spacial score (nSPS) is 15.4. The lowest BCUT2D eigenvalue weighted by molar-refractivity contribution is -0.00618. The number of thioether (sulfide) groups is 1. The van der Waals surface area contributed by atoms with Crippen molar-refractivity contribution in [3.05, 3.63) is 89.5 Å². The van der Waals surface area contributed by atoms with Crippen molar-refractivity contribution in [1.82, 2.24) is 0 Å². The number of nitrogens with two attached hydrogens (primary N) is 1. The molecule has 0 aliphatic carbocycles. The van der Waals surface area contributed by atoms with Crippen LogP contribution in [-0.2, 0) is 0 Å². The third kappa shape index (κ3) is 8.18. The summed E-state index contributed by atoms with van der Waals surface area (Å²) in [6, 6.07) is 22.3. The van der Waals surface area contributed by atoms with Crippen LogP contribution in [0.15, 0.2) is 93.0 Å². The van der Waals surface area contributed by atoms with Gasteiger partial charge in [0.15, 0.2) is 10.9 Å². The Hall–Kier alpha value is -4.12. The summed E-state index contributed by atoms with van der Waals surface area (Å²) in [7, 11) is 0. The Kier molecular flexibility index (Phi) is 12.2. The number of amidine groups is 2. The number of nitrogens with zero attached hydrogens (tertiary/aromatic N) is 5. The monoisotopic (exact) mass is 556 g/mol. The first-order valence-corrected chi connectivity index (χ1v) is 13.0. The maximum atomic E-state index is 12.1. The zero-order valence-electron chi connectivity index (χ0n) is 21.6. The van der Waals surface area contributed by atoms with Crippen LogP contribution in [0.4, 0.5) is 25.3 Å². The van der Waals surface area contributed by atoms with Gasteiger partial charge in [-0.1, -0.05) is 68.1 Å². The number of halogens is 3. The molecule has 1 aliphatic heterocycles. The van der Waals surface area contributed by atoms with E-state index in [-0.39, 0.29) is 15.2 Å². The molecule has 39 heavy (non-hydrogen) atoms. The van der Waals surface area contributed by atoms with E-state index in [1.807, 2.05) is 24.3 Å². The second-order valence-corrected chi connectivity index (χ2v) is 9.51. The van der Waals surface area contributed by atoms with Crippen molar-refractivity contribution >= 4 is 46.7 Å². The van der Waals surface area contributed by atoms with Gasteiger partial charge in [0.2, 0.25) is 0 Å². The maximum absolute atomic E-state index is 12.1. The third-order valence-electron chi connectivity index (χ3n) is 6.03. The van der Waals surface area contributed by atoms with Crippen LogP contribution in [0, 0.1) is 0 Å². The second kappa shape index (κ2) is 15.3. The molecule has 0 saturated carbocycles. The highest BCUT2D eigenvalue weighted by Gasteiger charge is 2.24. The first-order valence-electron chi connectivity index (χ1n) is 12.0. The van der Waals surface area contributed by atoms with Gasteiger partial charge in [0.05, 0.1) is 11.9 Å². The Labute approximate surface area is 230 Å². The molecule has 1 atom stereocenters. The van der Waals surface area contributed by atoms with E-state index < -0.39 is 0 Å². The summed E-state index contributed by atoms with van der Waals surface area (Å²) in [5.74, 6) is 1.91. The number of hydrogen-bond acceptors (Lipinski definition) is 5. The third-order valence-corrected chi connectivity index (χ3v) is 6.98. The van der Waals surface area contributed by atoms with Crippen molar-refractivity contribution in [3.63, 3.8) is 0 Å². The molecule has 0 amide bonds. The minimum Gasteiger partial charge on any atom is -0.383 e. The molecule has 1 saturated heterocycles. The Morgan fingerprint density at radius 2 is 1.79 bits per heavy atom. The molecule has 7 nitrogen and oxygen atoms in total. The quantitative estimate of drug-likeness (QED) is 0.179. The predicted octanol–water partition coefficient (Wildman–Crippen LogP) is 6.78. The van der Waals surface area contributed by atoms with Gasteiger partial charge in [-0.05, 0) is 53.8 Å². The minimum absolute atomic E-state index is 0. The predicted molar refractivity (Wildman–Crippen MR) is 158 cm³/mol. The summed E-state index contributed by atoms with van der Waals surface area (Å²) in [4.78, 5) is 14.3. The Morgan fingerprint density at radius 3 is 2.49 bits per heavy atom. The number of aliphatic imine (C=N–C) groups is 2. The lowest BCUT2D eigenvalue weighted by Gasteiger charge is -2.23. The topological polar surface area (TPSA) is 87.9 Å². The van der Waals surface area contributed by atoms with Gasteiger partial charge in [0.1, 0.15) is 12.2 Å². The van der Waals surface area contributed by atoms with Crippen LogP contribution in [0.1, 0.15) is 42.9 Å². The lowest BCUT2D eigenvalue weighted by atomic mass is 9.96. The molecule has 0 aromatic heterocycles. The summed E-state index contributed by atoms with van der Waals surface area (Å²) in [6.45, 7) is 5.39. The zero-order valence-corrected chi connectivity index (χ0v) is 22.4. The molecule has 0 radical (unpaired) electrons. The molecule has 3 aromatic carbocycles. The van der Waals surface area contributed by atoms with E-state index in [2.05, 4.69) is 68.1 Å². The molecule has 0 bridgehead atoms. The Morgan fingerprint density at radius 1 is 1.08 bits per heavy atom. The largest absolute Gasteiger partial charge is 0.383 e. The smallest absolute Gasteiger partial charge is 0.190 e. The van der Waals surface area contributed by atoms with Crippen molar-refractivity contribution < 1.29 is 18.9 Å². The molecule has 206 valence electrons. The molecule has 3 aromatic rings. The van der Waals surface area contributed by atoms with Crippen LogP contribution in [-0.4, -0.2) is 35.9 Å². The molecule has 2 N–H and O–H groups in total. The van der Waals surface area contributed by atoms with Gasteiger partial charge < -0.3 is 10.6 Å². The van der Waals surface area contributed by atoms with E-state index in [0.717, 1.165) is 35.0 Å². The van der Waals surface area contributed by atoms with Gasteiger partial charge in [-0.25, -0.2) is 9.98 Å². The van der Waals surface area contributed by atoms with Gasteiger partial charge in [-0.2, -0.15) is 5.10 Å². The Bertz CT molecular complexity index is 1310. The standard InChI is InChI=1S/C28H29FN6OS.2FH/c1-3-20(2)25-6-4-5-7-26(25)35-16-17-37-28(35)34-33-18-21-8-10-22(11-9-21)27(30)32-19-31-23-12-14-24(36-29)15-13-23;;/h4-15,18-20H,3,16-17H2,1-2H3,(H2,30,31,32);2*1H/b33-18+,34-28-;;. The van der Waals surface area contributed by atoms with Crippen LogP contribution in [0.5, 0.6) is 5.75 Å². The fourth-order valence-corrected chi connectivity index (χ4v) is 4.69. The van der Waals surface area contributed by atoms with E-state index >= 15 is 0 Å². The molecule has 1 heterocycles. The van der Waals surface area contributed by atoms with Crippen molar-refractivity contribution in [2.75, 3.05) is 17.2 Å². The van der Waals surface area contributed by atoms with Crippen LogP contribution in [0.3, 0.4) is 0 Å². The minimum atomic E-state index is 0.